The predicted molar refractivity (Wildman–Crippen MR) is 77.9 cm³/mol. The van der Waals surface area contributed by atoms with Gasteiger partial charge in [0, 0.05) is 18.4 Å². The Bertz CT molecular complexity index is 538. The lowest BCUT2D eigenvalue weighted by Gasteiger charge is -2.11. The molecular weight excluding hydrogens is 240 g/mol. The van der Waals surface area contributed by atoms with Crippen LogP contribution in [0.5, 0.6) is 5.75 Å². The molecule has 100 valence electrons. The summed E-state index contributed by atoms with van der Waals surface area (Å²) in [5.74, 6) is 0.758. The molecule has 4 heteroatoms. The molecule has 2 aromatic carbocycles. The van der Waals surface area contributed by atoms with Gasteiger partial charge in [0.25, 0.3) is 0 Å². The van der Waals surface area contributed by atoms with Crippen molar-refractivity contribution in [3.05, 3.63) is 48.0 Å². The normalized spacial score (nSPS) is 10.2. The Morgan fingerprint density at radius 3 is 2.53 bits per heavy atom. The summed E-state index contributed by atoms with van der Waals surface area (Å²) < 4.78 is 5.18. The first-order valence-corrected chi connectivity index (χ1v) is 6.13. The van der Waals surface area contributed by atoms with E-state index in [4.69, 9.17) is 15.6 Å². The third-order valence-electron chi connectivity index (χ3n) is 2.89. The van der Waals surface area contributed by atoms with Crippen LogP contribution in [-0.4, -0.2) is 18.8 Å². The molecule has 2 aromatic rings. The lowest BCUT2D eigenvalue weighted by Crippen LogP contribution is -1.97. The zero-order chi connectivity index (χ0) is 13.7. The van der Waals surface area contributed by atoms with Gasteiger partial charge in [0.2, 0.25) is 0 Å². The highest BCUT2D eigenvalue weighted by atomic mass is 16.5. The van der Waals surface area contributed by atoms with E-state index in [9.17, 15) is 0 Å². The SMILES string of the molecule is COc1ccc(N)c(Nc2ccc(CCO)cc2)c1. The second-order valence-electron chi connectivity index (χ2n) is 4.25. The Morgan fingerprint density at radius 1 is 1.16 bits per heavy atom. The fourth-order valence-corrected chi connectivity index (χ4v) is 1.81. The van der Waals surface area contributed by atoms with Crippen LogP contribution in [-0.2, 0) is 6.42 Å². The van der Waals surface area contributed by atoms with E-state index in [1.165, 1.54) is 0 Å². The van der Waals surface area contributed by atoms with Crippen LogP contribution in [0.15, 0.2) is 42.5 Å². The number of anilines is 3. The molecule has 0 aliphatic rings. The molecule has 0 saturated carbocycles. The largest absolute Gasteiger partial charge is 0.497 e. The average molecular weight is 258 g/mol. The van der Waals surface area contributed by atoms with Gasteiger partial charge in [-0.25, -0.2) is 0 Å². The number of ether oxygens (including phenoxy) is 1. The van der Waals surface area contributed by atoms with E-state index in [1.807, 2.05) is 36.4 Å². The van der Waals surface area contributed by atoms with Gasteiger partial charge >= 0.3 is 0 Å². The number of nitrogens with two attached hydrogens (primary N) is 1. The zero-order valence-corrected chi connectivity index (χ0v) is 10.9. The number of aliphatic hydroxyl groups is 1. The molecular formula is C15H18N2O2. The van der Waals surface area contributed by atoms with Gasteiger partial charge in [0.05, 0.1) is 18.5 Å². The van der Waals surface area contributed by atoms with Crippen LogP contribution >= 0.6 is 0 Å². The minimum atomic E-state index is 0.162. The number of nitrogen functional groups attached to an aromatic ring is 1. The Labute approximate surface area is 112 Å². The number of hydrogen-bond donors (Lipinski definition) is 3. The molecule has 0 spiro atoms. The molecule has 4 N–H and O–H groups in total. The molecule has 19 heavy (non-hydrogen) atoms. The molecule has 0 aliphatic heterocycles. The third kappa shape index (κ3) is 3.39. The van der Waals surface area contributed by atoms with E-state index in [-0.39, 0.29) is 6.61 Å². The Balaban J connectivity index is 2.16. The fraction of sp³-hybridized carbons (Fsp3) is 0.200. The van der Waals surface area contributed by atoms with E-state index in [1.54, 1.807) is 13.2 Å². The summed E-state index contributed by atoms with van der Waals surface area (Å²) in [7, 11) is 1.62. The van der Waals surface area contributed by atoms with Crippen molar-refractivity contribution in [2.24, 2.45) is 0 Å². The van der Waals surface area contributed by atoms with Gasteiger partial charge in [-0.15, -0.1) is 0 Å². The molecule has 0 radical (unpaired) electrons. The third-order valence-corrected chi connectivity index (χ3v) is 2.89. The van der Waals surface area contributed by atoms with Crippen LogP contribution < -0.4 is 15.8 Å². The molecule has 2 rings (SSSR count). The van der Waals surface area contributed by atoms with Crippen molar-refractivity contribution >= 4 is 17.1 Å². The second kappa shape index (κ2) is 6.11. The summed E-state index contributed by atoms with van der Waals surface area (Å²) in [4.78, 5) is 0. The predicted octanol–water partition coefficient (Wildman–Crippen LogP) is 2.56. The number of hydrogen-bond acceptors (Lipinski definition) is 4. The van der Waals surface area contributed by atoms with Gasteiger partial charge in [0.1, 0.15) is 5.75 Å². The zero-order valence-electron chi connectivity index (χ0n) is 10.9. The summed E-state index contributed by atoms with van der Waals surface area (Å²) in [5.41, 5.74) is 9.45. The first kappa shape index (κ1) is 13.2. The molecule has 0 amide bonds. The number of aliphatic hydroxyl groups excluding tert-OH is 1. The Kier molecular flexibility index (Phi) is 4.26. The molecule has 0 unspecified atom stereocenters. The van der Waals surface area contributed by atoms with Crippen LogP contribution in [0.3, 0.4) is 0 Å². The lowest BCUT2D eigenvalue weighted by atomic mass is 10.1. The van der Waals surface area contributed by atoms with Crippen molar-refractivity contribution in [1.82, 2.24) is 0 Å². The maximum atomic E-state index is 8.87. The summed E-state index contributed by atoms with van der Waals surface area (Å²) in [5, 5.41) is 12.1. The molecule has 4 nitrogen and oxygen atoms in total. The molecule has 0 aromatic heterocycles. The van der Waals surface area contributed by atoms with Crippen molar-refractivity contribution in [2.75, 3.05) is 24.8 Å². The summed E-state index contributed by atoms with van der Waals surface area (Å²) in [6.45, 7) is 0.162. The lowest BCUT2D eigenvalue weighted by molar-refractivity contribution is 0.299. The van der Waals surface area contributed by atoms with Crippen LogP contribution in [0.4, 0.5) is 17.1 Å². The topological polar surface area (TPSA) is 67.5 Å². The number of nitrogens with one attached hydrogen (secondary N) is 1. The van der Waals surface area contributed by atoms with E-state index in [2.05, 4.69) is 5.32 Å². The van der Waals surface area contributed by atoms with Gasteiger partial charge in [0.15, 0.2) is 0 Å². The molecule has 0 fully saturated rings. The van der Waals surface area contributed by atoms with Gasteiger partial charge in [-0.05, 0) is 36.2 Å². The summed E-state index contributed by atoms with van der Waals surface area (Å²) in [6, 6.07) is 13.4. The van der Waals surface area contributed by atoms with Gasteiger partial charge in [-0.3, -0.25) is 0 Å². The number of benzene rings is 2. The van der Waals surface area contributed by atoms with Crippen molar-refractivity contribution in [1.29, 1.82) is 0 Å². The van der Waals surface area contributed by atoms with Crippen molar-refractivity contribution in [2.45, 2.75) is 6.42 Å². The Morgan fingerprint density at radius 2 is 1.89 bits per heavy atom. The van der Waals surface area contributed by atoms with E-state index in [0.717, 1.165) is 22.7 Å². The molecule has 0 bridgehead atoms. The van der Waals surface area contributed by atoms with Crippen molar-refractivity contribution in [3.8, 4) is 5.75 Å². The monoisotopic (exact) mass is 258 g/mol. The van der Waals surface area contributed by atoms with Crippen LogP contribution in [0.1, 0.15) is 5.56 Å². The van der Waals surface area contributed by atoms with E-state index >= 15 is 0 Å². The Hall–Kier alpha value is -2.20. The molecule has 0 atom stereocenters. The highest BCUT2D eigenvalue weighted by Crippen LogP contribution is 2.27. The van der Waals surface area contributed by atoms with E-state index in [0.29, 0.717) is 12.1 Å². The molecule has 0 heterocycles. The van der Waals surface area contributed by atoms with Crippen molar-refractivity contribution in [3.63, 3.8) is 0 Å². The number of methoxy groups -OCH3 is 1. The van der Waals surface area contributed by atoms with Gasteiger partial charge in [-0.2, -0.15) is 0 Å². The van der Waals surface area contributed by atoms with E-state index < -0.39 is 0 Å². The van der Waals surface area contributed by atoms with Gasteiger partial charge < -0.3 is 20.9 Å². The summed E-state index contributed by atoms with van der Waals surface area (Å²) in [6.07, 6.45) is 0.668. The highest BCUT2D eigenvalue weighted by Gasteiger charge is 2.02. The maximum Gasteiger partial charge on any atom is 0.121 e. The van der Waals surface area contributed by atoms with Gasteiger partial charge in [-0.1, -0.05) is 12.1 Å². The first-order valence-electron chi connectivity index (χ1n) is 6.13. The summed E-state index contributed by atoms with van der Waals surface area (Å²) >= 11 is 0. The van der Waals surface area contributed by atoms with Crippen LogP contribution in [0.25, 0.3) is 0 Å². The second-order valence-corrected chi connectivity index (χ2v) is 4.25. The minimum Gasteiger partial charge on any atom is -0.497 e. The first-order chi connectivity index (χ1) is 9.22. The minimum absolute atomic E-state index is 0.162. The maximum absolute atomic E-state index is 8.87. The molecule has 0 aliphatic carbocycles. The molecule has 0 saturated heterocycles. The quantitative estimate of drug-likeness (QED) is 0.721. The number of rotatable bonds is 5. The van der Waals surface area contributed by atoms with Crippen LogP contribution in [0.2, 0.25) is 0 Å². The fourth-order valence-electron chi connectivity index (χ4n) is 1.81. The van der Waals surface area contributed by atoms with Crippen molar-refractivity contribution < 1.29 is 9.84 Å². The van der Waals surface area contributed by atoms with Crippen LogP contribution in [0, 0.1) is 0 Å². The average Bonchev–Trinajstić information content (AvgIpc) is 2.44. The smallest absolute Gasteiger partial charge is 0.121 e. The highest BCUT2D eigenvalue weighted by molar-refractivity contribution is 5.74. The standard InChI is InChI=1S/C15H18N2O2/c1-19-13-6-7-14(16)15(10-13)17-12-4-2-11(3-5-12)8-9-18/h2-7,10,17-18H,8-9,16H2,1H3.